The van der Waals surface area contributed by atoms with E-state index in [2.05, 4.69) is 19.2 Å². The Hall–Kier alpha value is -1.16. The van der Waals surface area contributed by atoms with E-state index in [4.69, 9.17) is 14.7 Å². The van der Waals surface area contributed by atoms with E-state index >= 15 is 0 Å². The van der Waals surface area contributed by atoms with Crippen LogP contribution in [0.4, 0.5) is 5.82 Å². The van der Waals surface area contributed by atoms with Gasteiger partial charge >= 0.3 is 0 Å². The van der Waals surface area contributed by atoms with Gasteiger partial charge in [-0.25, -0.2) is 9.97 Å². The monoisotopic (exact) mass is 291 g/mol. The average molecular weight is 291 g/mol. The van der Waals surface area contributed by atoms with Crippen LogP contribution in [0.15, 0.2) is 6.07 Å². The second kappa shape index (κ2) is 8.32. The van der Waals surface area contributed by atoms with Crippen LogP contribution in [-0.4, -0.2) is 23.6 Å². The Balaban J connectivity index is 2.17. The molecule has 1 fully saturated rings. The molecule has 21 heavy (non-hydrogen) atoms. The Bertz CT molecular complexity index is 436. The average Bonchev–Trinajstić information content (AvgIpc) is 2.53. The normalized spacial score (nSPS) is 22.2. The van der Waals surface area contributed by atoms with Crippen molar-refractivity contribution in [2.75, 3.05) is 19.0 Å². The Morgan fingerprint density at radius 2 is 2.14 bits per heavy atom. The minimum atomic E-state index is 0.516. The van der Waals surface area contributed by atoms with Crippen molar-refractivity contribution in [3.8, 4) is 0 Å². The van der Waals surface area contributed by atoms with Crippen LogP contribution in [0.5, 0.6) is 0 Å². The van der Waals surface area contributed by atoms with Gasteiger partial charge in [0.1, 0.15) is 11.6 Å². The summed E-state index contributed by atoms with van der Waals surface area (Å²) in [6.45, 7) is 5.97. The van der Waals surface area contributed by atoms with Gasteiger partial charge in [0.15, 0.2) is 0 Å². The first kappa shape index (κ1) is 16.2. The summed E-state index contributed by atoms with van der Waals surface area (Å²) < 4.78 is 5.25. The van der Waals surface area contributed by atoms with Gasteiger partial charge in [-0.3, -0.25) is 0 Å². The van der Waals surface area contributed by atoms with Gasteiger partial charge in [-0.05, 0) is 25.2 Å². The molecule has 118 valence electrons. The molecule has 0 spiro atoms. The highest BCUT2D eigenvalue weighted by atomic mass is 16.5. The fourth-order valence-corrected chi connectivity index (χ4v) is 3.16. The van der Waals surface area contributed by atoms with Crippen molar-refractivity contribution in [1.29, 1.82) is 0 Å². The van der Waals surface area contributed by atoms with E-state index in [-0.39, 0.29) is 0 Å². The SMILES string of the molecule is CCCNc1cc(COC)nc(C2CCCC(CC)C2)n1. The molecule has 2 unspecified atom stereocenters. The van der Waals surface area contributed by atoms with Crippen LogP contribution in [-0.2, 0) is 11.3 Å². The first-order valence-electron chi connectivity index (χ1n) is 8.37. The zero-order chi connectivity index (χ0) is 15.1. The minimum absolute atomic E-state index is 0.516. The van der Waals surface area contributed by atoms with Crippen LogP contribution in [0.3, 0.4) is 0 Å². The molecule has 2 rings (SSSR count). The second-order valence-corrected chi connectivity index (χ2v) is 6.10. The van der Waals surface area contributed by atoms with E-state index in [9.17, 15) is 0 Å². The van der Waals surface area contributed by atoms with Crippen molar-refractivity contribution in [1.82, 2.24) is 9.97 Å². The molecule has 4 heteroatoms. The molecule has 0 aromatic carbocycles. The lowest BCUT2D eigenvalue weighted by Gasteiger charge is -2.27. The topological polar surface area (TPSA) is 47.0 Å². The Morgan fingerprint density at radius 1 is 1.29 bits per heavy atom. The smallest absolute Gasteiger partial charge is 0.134 e. The van der Waals surface area contributed by atoms with E-state index in [0.29, 0.717) is 12.5 Å². The molecule has 0 radical (unpaired) electrons. The lowest BCUT2D eigenvalue weighted by molar-refractivity contribution is 0.181. The minimum Gasteiger partial charge on any atom is -0.378 e. The third-order valence-corrected chi connectivity index (χ3v) is 4.37. The summed E-state index contributed by atoms with van der Waals surface area (Å²) in [5, 5.41) is 3.39. The summed E-state index contributed by atoms with van der Waals surface area (Å²) in [4.78, 5) is 9.52. The molecule has 0 bridgehead atoms. The van der Waals surface area contributed by atoms with Gasteiger partial charge in [0.2, 0.25) is 0 Å². The van der Waals surface area contributed by atoms with Crippen LogP contribution in [0, 0.1) is 5.92 Å². The number of aromatic nitrogens is 2. The van der Waals surface area contributed by atoms with Crippen molar-refractivity contribution in [3.05, 3.63) is 17.6 Å². The molecule has 1 N–H and O–H groups in total. The summed E-state index contributed by atoms with van der Waals surface area (Å²) in [5.74, 6) is 3.32. The molecule has 1 aliphatic rings. The molecule has 0 aliphatic heterocycles. The number of methoxy groups -OCH3 is 1. The summed E-state index contributed by atoms with van der Waals surface area (Å²) in [6, 6.07) is 2.02. The summed E-state index contributed by atoms with van der Waals surface area (Å²) in [6.07, 6.45) is 7.50. The zero-order valence-electron chi connectivity index (χ0n) is 13.7. The van der Waals surface area contributed by atoms with E-state index in [0.717, 1.165) is 36.2 Å². The number of hydrogen-bond acceptors (Lipinski definition) is 4. The van der Waals surface area contributed by atoms with Gasteiger partial charge in [0.05, 0.1) is 12.3 Å². The highest BCUT2D eigenvalue weighted by molar-refractivity contribution is 5.36. The summed E-state index contributed by atoms with van der Waals surface area (Å²) in [7, 11) is 1.72. The Labute approximate surface area is 128 Å². The van der Waals surface area contributed by atoms with Gasteiger partial charge in [0.25, 0.3) is 0 Å². The Morgan fingerprint density at radius 3 is 2.86 bits per heavy atom. The second-order valence-electron chi connectivity index (χ2n) is 6.10. The van der Waals surface area contributed by atoms with Crippen molar-refractivity contribution < 1.29 is 4.74 Å². The van der Waals surface area contributed by atoms with Crippen LogP contribution < -0.4 is 5.32 Å². The molecule has 2 atom stereocenters. The van der Waals surface area contributed by atoms with Gasteiger partial charge in [-0.2, -0.15) is 0 Å². The first-order chi connectivity index (χ1) is 10.3. The molecule has 1 aliphatic carbocycles. The number of nitrogens with one attached hydrogen (secondary N) is 1. The fraction of sp³-hybridized carbons (Fsp3) is 0.765. The van der Waals surface area contributed by atoms with E-state index in [1.165, 1.54) is 32.1 Å². The number of rotatable bonds is 7. The Kier molecular flexibility index (Phi) is 6.43. The summed E-state index contributed by atoms with van der Waals surface area (Å²) in [5.41, 5.74) is 0.986. The maximum absolute atomic E-state index is 5.25. The maximum atomic E-state index is 5.25. The molecule has 4 nitrogen and oxygen atoms in total. The van der Waals surface area contributed by atoms with Crippen molar-refractivity contribution >= 4 is 5.82 Å². The van der Waals surface area contributed by atoms with E-state index in [1.807, 2.05) is 6.07 Å². The molecular formula is C17H29N3O. The molecule has 1 saturated carbocycles. The predicted octanol–water partition coefficient (Wildman–Crippen LogP) is 4.13. The maximum Gasteiger partial charge on any atom is 0.134 e. The number of hydrogen-bond donors (Lipinski definition) is 1. The quantitative estimate of drug-likeness (QED) is 0.820. The molecular weight excluding hydrogens is 262 g/mol. The number of nitrogens with zero attached hydrogens (tertiary/aromatic N) is 2. The van der Waals surface area contributed by atoms with E-state index < -0.39 is 0 Å². The third kappa shape index (κ3) is 4.67. The zero-order valence-corrected chi connectivity index (χ0v) is 13.7. The molecule has 1 aromatic rings. The predicted molar refractivity (Wildman–Crippen MR) is 86.5 cm³/mol. The highest BCUT2D eigenvalue weighted by Crippen LogP contribution is 2.36. The van der Waals surface area contributed by atoms with Crippen LogP contribution in [0.1, 0.15) is 69.8 Å². The largest absolute Gasteiger partial charge is 0.378 e. The van der Waals surface area contributed by atoms with Gasteiger partial charge in [0, 0.05) is 25.6 Å². The number of anilines is 1. The van der Waals surface area contributed by atoms with Crippen molar-refractivity contribution in [2.24, 2.45) is 5.92 Å². The van der Waals surface area contributed by atoms with Crippen molar-refractivity contribution in [2.45, 2.75) is 64.9 Å². The molecule has 0 amide bonds. The highest BCUT2D eigenvalue weighted by Gasteiger charge is 2.24. The lowest BCUT2D eigenvalue weighted by Crippen LogP contribution is -2.17. The van der Waals surface area contributed by atoms with Crippen molar-refractivity contribution in [3.63, 3.8) is 0 Å². The van der Waals surface area contributed by atoms with Crippen LogP contribution in [0.2, 0.25) is 0 Å². The summed E-state index contributed by atoms with van der Waals surface area (Å²) >= 11 is 0. The van der Waals surface area contributed by atoms with Gasteiger partial charge in [-0.15, -0.1) is 0 Å². The van der Waals surface area contributed by atoms with Gasteiger partial charge in [-0.1, -0.05) is 33.1 Å². The first-order valence-corrected chi connectivity index (χ1v) is 8.37. The molecule has 1 aromatic heterocycles. The molecule has 1 heterocycles. The third-order valence-electron chi connectivity index (χ3n) is 4.37. The standard InChI is InChI=1S/C17H29N3O/c1-4-9-18-16-11-15(12-21-3)19-17(20-16)14-8-6-7-13(5-2)10-14/h11,13-14H,4-10,12H2,1-3H3,(H,18,19,20). The van der Waals surface area contributed by atoms with Crippen LogP contribution >= 0.6 is 0 Å². The fourth-order valence-electron chi connectivity index (χ4n) is 3.16. The van der Waals surface area contributed by atoms with E-state index in [1.54, 1.807) is 7.11 Å². The van der Waals surface area contributed by atoms with Crippen LogP contribution in [0.25, 0.3) is 0 Å². The molecule has 0 saturated heterocycles. The van der Waals surface area contributed by atoms with Gasteiger partial charge < -0.3 is 10.1 Å². The lowest BCUT2D eigenvalue weighted by atomic mass is 9.80. The number of ether oxygens (including phenoxy) is 1.